The number of ether oxygens (including phenoxy) is 1. The molecule has 1 aromatic rings. The molecule has 0 bridgehead atoms. The number of rotatable bonds is 6. The van der Waals surface area contributed by atoms with Gasteiger partial charge in [0.1, 0.15) is 0 Å². The highest BCUT2D eigenvalue weighted by Crippen LogP contribution is 2.09. The number of nitrogens with zero attached hydrogens (tertiary/aromatic N) is 1. The molecule has 0 spiro atoms. The first-order valence-electron chi connectivity index (χ1n) is 7.02. The second-order valence-corrected chi connectivity index (χ2v) is 5.80. The van der Waals surface area contributed by atoms with Gasteiger partial charge in [-0.05, 0) is 17.9 Å². The van der Waals surface area contributed by atoms with E-state index in [1.807, 2.05) is 11.4 Å². The van der Waals surface area contributed by atoms with Gasteiger partial charge in [0.05, 0.1) is 24.2 Å². The standard InChI is InChI=1S/C14H20N2O4S/c17-10-11-9-16(6-7-20-11)13(18)4-1-5-15-14(19)12-3-2-8-21-12/h2-3,8,11,17H,1,4-7,9-10H2,(H,15,19). The second-order valence-electron chi connectivity index (χ2n) is 4.85. The zero-order valence-electron chi connectivity index (χ0n) is 11.8. The molecule has 0 radical (unpaired) electrons. The maximum Gasteiger partial charge on any atom is 0.261 e. The maximum atomic E-state index is 12.0. The van der Waals surface area contributed by atoms with E-state index in [0.29, 0.717) is 44.0 Å². The Hall–Kier alpha value is -1.44. The molecule has 1 aliphatic heterocycles. The van der Waals surface area contributed by atoms with E-state index in [9.17, 15) is 9.59 Å². The molecule has 1 saturated heterocycles. The third-order valence-electron chi connectivity index (χ3n) is 3.29. The molecule has 21 heavy (non-hydrogen) atoms. The van der Waals surface area contributed by atoms with Crippen LogP contribution in [0.5, 0.6) is 0 Å². The first kappa shape index (κ1) is 15.9. The molecule has 6 nitrogen and oxygen atoms in total. The molecule has 1 aromatic heterocycles. The maximum absolute atomic E-state index is 12.0. The van der Waals surface area contributed by atoms with Crippen LogP contribution in [0.15, 0.2) is 17.5 Å². The average Bonchev–Trinajstić information content (AvgIpc) is 3.05. The lowest BCUT2D eigenvalue weighted by Crippen LogP contribution is -2.47. The van der Waals surface area contributed by atoms with E-state index in [-0.39, 0.29) is 24.5 Å². The van der Waals surface area contributed by atoms with Crippen LogP contribution in [0.1, 0.15) is 22.5 Å². The van der Waals surface area contributed by atoms with E-state index >= 15 is 0 Å². The van der Waals surface area contributed by atoms with Gasteiger partial charge in [-0.1, -0.05) is 6.07 Å². The van der Waals surface area contributed by atoms with Crippen molar-refractivity contribution in [3.05, 3.63) is 22.4 Å². The largest absolute Gasteiger partial charge is 0.394 e. The Labute approximate surface area is 127 Å². The van der Waals surface area contributed by atoms with Crippen molar-refractivity contribution in [3.8, 4) is 0 Å². The third-order valence-corrected chi connectivity index (χ3v) is 4.16. The molecular weight excluding hydrogens is 292 g/mol. The molecule has 2 amide bonds. The fourth-order valence-corrected chi connectivity index (χ4v) is 2.79. The highest BCUT2D eigenvalue weighted by Gasteiger charge is 2.23. The predicted molar refractivity (Wildman–Crippen MR) is 79.3 cm³/mol. The predicted octanol–water partition coefficient (Wildman–Crippen LogP) is 0.478. The number of thiophene rings is 1. The van der Waals surface area contributed by atoms with Crippen molar-refractivity contribution in [2.24, 2.45) is 0 Å². The van der Waals surface area contributed by atoms with Crippen molar-refractivity contribution in [2.75, 3.05) is 32.8 Å². The minimum absolute atomic E-state index is 0.0436. The SMILES string of the molecule is O=C(NCCCC(=O)N1CCOC(CO)C1)c1cccs1. The van der Waals surface area contributed by atoms with Crippen LogP contribution >= 0.6 is 11.3 Å². The summed E-state index contributed by atoms with van der Waals surface area (Å²) in [4.78, 5) is 26.1. The summed E-state index contributed by atoms with van der Waals surface area (Å²) in [6.07, 6.45) is 0.723. The van der Waals surface area contributed by atoms with E-state index < -0.39 is 0 Å². The molecule has 1 atom stereocenters. The van der Waals surface area contributed by atoms with E-state index in [2.05, 4.69) is 5.32 Å². The van der Waals surface area contributed by atoms with Crippen LogP contribution in [0.2, 0.25) is 0 Å². The molecule has 1 aliphatic rings. The first-order chi connectivity index (χ1) is 10.2. The molecule has 0 saturated carbocycles. The summed E-state index contributed by atoms with van der Waals surface area (Å²) >= 11 is 1.40. The summed E-state index contributed by atoms with van der Waals surface area (Å²) in [5.74, 6) is -0.0497. The van der Waals surface area contributed by atoms with Gasteiger partial charge in [-0.2, -0.15) is 0 Å². The number of aliphatic hydroxyl groups is 1. The number of hydrogen-bond acceptors (Lipinski definition) is 5. The van der Waals surface area contributed by atoms with Gasteiger partial charge in [0, 0.05) is 26.1 Å². The number of carbonyl (C=O) groups is 2. The highest BCUT2D eigenvalue weighted by atomic mass is 32.1. The summed E-state index contributed by atoms with van der Waals surface area (Å²) in [5, 5.41) is 13.7. The Morgan fingerprint density at radius 1 is 1.52 bits per heavy atom. The van der Waals surface area contributed by atoms with Crippen LogP contribution in [0, 0.1) is 0 Å². The summed E-state index contributed by atoms with van der Waals surface area (Å²) in [6, 6.07) is 3.60. The van der Waals surface area contributed by atoms with Crippen LogP contribution < -0.4 is 5.32 Å². The average molecular weight is 312 g/mol. The number of hydrogen-bond donors (Lipinski definition) is 2. The van der Waals surface area contributed by atoms with E-state index in [1.54, 1.807) is 11.0 Å². The van der Waals surface area contributed by atoms with E-state index in [4.69, 9.17) is 9.84 Å². The Morgan fingerprint density at radius 3 is 3.10 bits per heavy atom. The normalized spacial score (nSPS) is 18.5. The van der Waals surface area contributed by atoms with E-state index in [0.717, 1.165) is 0 Å². The van der Waals surface area contributed by atoms with Crippen LogP contribution in [0.3, 0.4) is 0 Å². The van der Waals surface area contributed by atoms with Gasteiger partial charge >= 0.3 is 0 Å². The number of amides is 2. The molecule has 1 unspecified atom stereocenters. The minimum atomic E-state index is -0.277. The number of aliphatic hydroxyl groups excluding tert-OH is 1. The van der Waals surface area contributed by atoms with Crippen molar-refractivity contribution in [3.63, 3.8) is 0 Å². The lowest BCUT2D eigenvalue weighted by atomic mass is 10.2. The van der Waals surface area contributed by atoms with Crippen molar-refractivity contribution < 1.29 is 19.4 Å². The topological polar surface area (TPSA) is 78.9 Å². The smallest absolute Gasteiger partial charge is 0.261 e. The molecule has 2 N–H and O–H groups in total. The zero-order valence-corrected chi connectivity index (χ0v) is 12.6. The van der Waals surface area contributed by atoms with Crippen LogP contribution in [0.4, 0.5) is 0 Å². The third kappa shape index (κ3) is 4.80. The molecular formula is C14H20N2O4S. The van der Waals surface area contributed by atoms with Crippen molar-refractivity contribution in [1.82, 2.24) is 10.2 Å². The van der Waals surface area contributed by atoms with Gasteiger partial charge in [-0.3, -0.25) is 9.59 Å². The molecule has 7 heteroatoms. The van der Waals surface area contributed by atoms with Gasteiger partial charge in [-0.25, -0.2) is 0 Å². The van der Waals surface area contributed by atoms with Gasteiger partial charge in [0.15, 0.2) is 0 Å². The Balaban J connectivity index is 1.64. The van der Waals surface area contributed by atoms with Crippen molar-refractivity contribution >= 4 is 23.2 Å². The molecule has 1 fully saturated rings. The molecule has 0 aliphatic carbocycles. The second kappa shape index (κ2) is 8.11. The summed E-state index contributed by atoms with van der Waals surface area (Å²) in [7, 11) is 0. The van der Waals surface area contributed by atoms with Gasteiger partial charge in [-0.15, -0.1) is 11.3 Å². The number of nitrogens with one attached hydrogen (secondary N) is 1. The van der Waals surface area contributed by atoms with Crippen LogP contribution in [-0.2, 0) is 9.53 Å². The molecule has 0 aromatic carbocycles. The van der Waals surface area contributed by atoms with Gasteiger partial charge in [0.25, 0.3) is 5.91 Å². The fourth-order valence-electron chi connectivity index (χ4n) is 2.15. The summed E-state index contributed by atoms with van der Waals surface area (Å²) in [6.45, 7) is 1.89. The van der Waals surface area contributed by atoms with Crippen LogP contribution in [0.25, 0.3) is 0 Å². The fraction of sp³-hybridized carbons (Fsp3) is 0.571. The van der Waals surface area contributed by atoms with Crippen LogP contribution in [-0.4, -0.2) is 60.8 Å². The highest BCUT2D eigenvalue weighted by molar-refractivity contribution is 7.12. The van der Waals surface area contributed by atoms with Crippen molar-refractivity contribution in [1.29, 1.82) is 0 Å². The first-order valence-corrected chi connectivity index (χ1v) is 7.90. The zero-order chi connectivity index (χ0) is 15.1. The summed E-state index contributed by atoms with van der Waals surface area (Å²) in [5.41, 5.74) is 0. The Kier molecular flexibility index (Phi) is 6.16. The molecule has 116 valence electrons. The Morgan fingerprint density at radius 2 is 2.38 bits per heavy atom. The number of morpholine rings is 1. The molecule has 2 rings (SSSR count). The monoisotopic (exact) mass is 312 g/mol. The Bertz CT molecular complexity index is 464. The minimum Gasteiger partial charge on any atom is -0.394 e. The van der Waals surface area contributed by atoms with Gasteiger partial charge < -0.3 is 20.1 Å². The number of carbonyl (C=O) groups excluding carboxylic acids is 2. The van der Waals surface area contributed by atoms with Crippen molar-refractivity contribution in [2.45, 2.75) is 18.9 Å². The molecule has 2 heterocycles. The van der Waals surface area contributed by atoms with E-state index in [1.165, 1.54) is 11.3 Å². The lowest BCUT2D eigenvalue weighted by Gasteiger charge is -2.32. The van der Waals surface area contributed by atoms with Gasteiger partial charge in [0.2, 0.25) is 5.91 Å². The quantitative estimate of drug-likeness (QED) is 0.749. The lowest BCUT2D eigenvalue weighted by molar-refractivity contribution is -0.140. The summed E-state index contributed by atoms with van der Waals surface area (Å²) < 4.78 is 5.31.